The van der Waals surface area contributed by atoms with Gasteiger partial charge in [-0.2, -0.15) is 0 Å². The Kier molecular flexibility index (Phi) is 7.31. The summed E-state index contributed by atoms with van der Waals surface area (Å²) in [5.41, 5.74) is 6.91. The summed E-state index contributed by atoms with van der Waals surface area (Å²) in [5, 5.41) is 0. The Bertz CT molecular complexity index is 1580. The van der Waals surface area contributed by atoms with Crippen LogP contribution in [0.5, 0.6) is 0 Å². The number of piperazine rings is 1. The SMILES string of the molecule is CCOC(=O)C1C2=C(CCCC2OCc2ccccc2)N2C[C@H]3[C@@H](C12)N3C(c1ccccc1)(c1ccccc1)c1ccccc1. The Hall–Kier alpha value is -4.19. The number of benzene rings is 4. The predicted octanol–water partition coefficient (Wildman–Crippen LogP) is 6.93. The number of carbonyl (C=O) groups excluding carboxylic acids is 1. The van der Waals surface area contributed by atoms with Gasteiger partial charge in [-0.25, -0.2) is 0 Å². The summed E-state index contributed by atoms with van der Waals surface area (Å²) in [6.07, 6.45) is 2.91. The lowest BCUT2D eigenvalue weighted by Crippen LogP contribution is -2.48. The minimum Gasteiger partial charge on any atom is -0.465 e. The highest BCUT2D eigenvalue weighted by atomic mass is 16.5. The van der Waals surface area contributed by atoms with Crippen LogP contribution in [0.25, 0.3) is 0 Å². The molecule has 6 atom stereocenters. The maximum Gasteiger partial charge on any atom is 0.315 e. The molecule has 8 rings (SSSR count). The molecule has 4 aromatic rings. The van der Waals surface area contributed by atoms with Crippen molar-refractivity contribution >= 4 is 5.97 Å². The lowest BCUT2D eigenvalue weighted by Gasteiger charge is -2.42. The summed E-state index contributed by atoms with van der Waals surface area (Å²) < 4.78 is 12.5. The molecule has 0 spiro atoms. The molecule has 0 aromatic heterocycles. The highest BCUT2D eigenvalue weighted by Crippen LogP contribution is 2.61. The van der Waals surface area contributed by atoms with Crippen molar-refractivity contribution in [3.8, 4) is 0 Å². The Balaban J connectivity index is 1.21. The molecule has 0 N–H and O–H groups in total. The van der Waals surface area contributed by atoms with Crippen molar-refractivity contribution in [2.24, 2.45) is 5.92 Å². The van der Waals surface area contributed by atoms with E-state index in [-0.39, 0.29) is 30.1 Å². The number of rotatable bonds is 9. The number of ether oxygens (including phenoxy) is 2. The van der Waals surface area contributed by atoms with Crippen LogP contribution in [0.2, 0.25) is 0 Å². The first-order chi connectivity index (χ1) is 22.2. The van der Waals surface area contributed by atoms with Crippen molar-refractivity contribution < 1.29 is 14.3 Å². The third-order valence-corrected chi connectivity index (χ3v) is 10.5. The number of hydrogen-bond donors (Lipinski definition) is 0. The van der Waals surface area contributed by atoms with E-state index in [2.05, 4.69) is 125 Å². The molecule has 4 aromatic carbocycles. The first-order valence-corrected chi connectivity index (χ1v) is 16.5. The Labute approximate surface area is 266 Å². The molecule has 228 valence electrons. The summed E-state index contributed by atoms with van der Waals surface area (Å²) in [7, 11) is 0. The third-order valence-electron chi connectivity index (χ3n) is 10.5. The monoisotopic (exact) mass is 596 g/mol. The Morgan fingerprint density at radius 2 is 1.33 bits per heavy atom. The highest BCUT2D eigenvalue weighted by molar-refractivity contribution is 5.79. The second kappa shape index (κ2) is 11.6. The van der Waals surface area contributed by atoms with Crippen LogP contribution >= 0.6 is 0 Å². The second-order valence-corrected chi connectivity index (χ2v) is 12.7. The molecule has 0 radical (unpaired) electrons. The zero-order valence-corrected chi connectivity index (χ0v) is 25.8. The van der Waals surface area contributed by atoms with Crippen molar-refractivity contribution in [2.75, 3.05) is 13.2 Å². The van der Waals surface area contributed by atoms with Crippen molar-refractivity contribution in [3.05, 3.63) is 155 Å². The summed E-state index contributed by atoms with van der Waals surface area (Å²) in [4.78, 5) is 19.3. The predicted molar refractivity (Wildman–Crippen MR) is 175 cm³/mol. The maximum absolute atomic E-state index is 14.0. The molecule has 2 saturated heterocycles. The van der Waals surface area contributed by atoms with Gasteiger partial charge >= 0.3 is 5.97 Å². The van der Waals surface area contributed by atoms with Crippen LogP contribution in [-0.2, 0) is 26.4 Å². The molecule has 1 aliphatic carbocycles. The summed E-state index contributed by atoms with van der Waals surface area (Å²) >= 11 is 0. The molecule has 0 amide bonds. The van der Waals surface area contributed by atoms with Crippen LogP contribution < -0.4 is 0 Å². The van der Waals surface area contributed by atoms with E-state index in [9.17, 15) is 4.79 Å². The molecule has 3 aliphatic heterocycles. The fourth-order valence-electron chi connectivity index (χ4n) is 8.78. The van der Waals surface area contributed by atoms with Gasteiger partial charge in [0.2, 0.25) is 0 Å². The van der Waals surface area contributed by atoms with E-state index in [0.717, 1.165) is 31.4 Å². The van der Waals surface area contributed by atoms with Gasteiger partial charge in [-0.05, 0) is 54.0 Å². The summed E-state index contributed by atoms with van der Waals surface area (Å²) in [6.45, 7) is 3.74. The molecule has 5 nitrogen and oxygen atoms in total. The van der Waals surface area contributed by atoms with Crippen LogP contribution in [0.4, 0.5) is 0 Å². The van der Waals surface area contributed by atoms with E-state index >= 15 is 0 Å². The van der Waals surface area contributed by atoms with Gasteiger partial charge in [-0.15, -0.1) is 0 Å². The normalized spacial score (nSPS) is 26.6. The smallest absolute Gasteiger partial charge is 0.315 e. The largest absolute Gasteiger partial charge is 0.465 e. The summed E-state index contributed by atoms with van der Waals surface area (Å²) in [6, 6.07) is 43.6. The molecule has 5 heteroatoms. The molecule has 4 unspecified atom stereocenters. The number of allylic oxidation sites excluding steroid dienone is 1. The van der Waals surface area contributed by atoms with E-state index in [0.29, 0.717) is 19.3 Å². The van der Waals surface area contributed by atoms with Crippen molar-refractivity contribution in [1.29, 1.82) is 0 Å². The molecular formula is C40H40N2O3. The van der Waals surface area contributed by atoms with E-state index in [1.807, 2.05) is 13.0 Å². The molecule has 0 bridgehead atoms. The van der Waals surface area contributed by atoms with Crippen molar-refractivity contribution in [1.82, 2.24) is 9.80 Å². The molecule has 0 saturated carbocycles. The average Bonchev–Trinajstić information content (AvgIpc) is 3.49. The number of esters is 1. The highest BCUT2D eigenvalue weighted by Gasteiger charge is 2.72. The molecule has 45 heavy (non-hydrogen) atoms. The van der Waals surface area contributed by atoms with Crippen molar-refractivity contribution in [3.63, 3.8) is 0 Å². The van der Waals surface area contributed by atoms with Gasteiger partial charge in [0.1, 0.15) is 5.92 Å². The van der Waals surface area contributed by atoms with Crippen LogP contribution in [0, 0.1) is 5.92 Å². The topological polar surface area (TPSA) is 41.8 Å². The lowest BCUT2D eigenvalue weighted by molar-refractivity contribution is -0.148. The van der Waals surface area contributed by atoms with Crippen LogP contribution in [-0.4, -0.2) is 53.2 Å². The van der Waals surface area contributed by atoms with Gasteiger partial charge in [0, 0.05) is 18.3 Å². The first kappa shape index (κ1) is 28.3. The van der Waals surface area contributed by atoms with E-state index in [1.165, 1.54) is 28.0 Å². The minimum atomic E-state index is -0.489. The summed E-state index contributed by atoms with van der Waals surface area (Å²) in [5.74, 6) is -0.439. The van der Waals surface area contributed by atoms with Crippen LogP contribution in [0.1, 0.15) is 48.4 Å². The molecular weight excluding hydrogens is 556 g/mol. The van der Waals surface area contributed by atoms with Crippen LogP contribution in [0.3, 0.4) is 0 Å². The third kappa shape index (κ3) is 4.55. The Morgan fingerprint density at radius 1 is 0.778 bits per heavy atom. The zero-order valence-electron chi connectivity index (χ0n) is 25.8. The van der Waals surface area contributed by atoms with Crippen molar-refractivity contribution in [2.45, 2.75) is 62.6 Å². The quantitative estimate of drug-likeness (QED) is 0.119. The number of nitrogens with zero attached hydrogens (tertiary/aromatic N) is 2. The maximum atomic E-state index is 14.0. The second-order valence-electron chi connectivity index (χ2n) is 12.7. The minimum absolute atomic E-state index is 0.0236. The molecule has 3 heterocycles. The molecule has 2 fully saturated rings. The standard InChI is InChI=1S/C40H40N2O3/c1-2-44-39(43)36-35-32(24-15-25-34(35)45-27-28-16-7-3-8-17-28)41-26-33-37(38(36)41)42(33)40(29-18-9-4-10-19-29,30-20-11-5-12-21-30)31-22-13-6-14-23-31/h3-14,16-23,33-34,36-38H,2,15,24-27H2,1H3/t33-,34?,36?,37-,38?,42?/m0/s1. The van der Waals surface area contributed by atoms with Gasteiger partial charge in [-0.1, -0.05) is 121 Å². The number of carbonyl (C=O) groups is 1. The average molecular weight is 597 g/mol. The first-order valence-electron chi connectivity index (χ1n) is 16.5. The van der Waals surface area contributed by atoms with Crippen LogP contribution in [0.15, 0.2) is 133 Å². The van der Waals surface area contributed by atoms with Gasteiger partial charge in [-0.3, -0.25) is 9.69 Å². The number of fused-ring (bicyclic) bond motifs is 4. The van der Waals surface area contributed by atoms with Gasteiger partial charge < -0.3 is 14.4 Å². The Morgan fingerprint density at radius 3 is 1.89 bits per heavy atom. The lowest BCUT2D eigenvalue weighted by atomic mass is 9.76. The fraction of sp³-hybridized carbons (Fsp3) is 0.325. The van der Waals surface area contributed by atoms with E-state index in [1.54, 1.807) is 0 Å². The van der Waals surface area contributed by atoms with E-state index < -0.39 is 5.54 Å². The van der Waals surface area contributed by atoms with Gasteiger partial charge in [0.15, 0.2) is 0 Å². The van der Waals surface area contributed by atoms with Gasteiger partial charge in [0.25, 0.3) is 0 Å². The number of hydrogen-bond acceptors (Lipinski definition) is 5. The zero-order chi connectivity index (χ0) is 30.4. The molecule has 4 aliphatic rings. The van der Waals surface area contributed by atoms with Gasteiger partial charge in [0.05, 0.1) is 36.9 Å². The van der Waals surface area contributed by atoms with E-state index in [4.69, 9.17) is 9.47 Å². The fourth-order valence-corrected chi connectivity index (χ4v) is 8.78.